The summed E-state index contributed by atoms with van der Waals surface area (Å²) in [7, 11) is 0. The predicted octanol–water partition coefficient (Wildman–Crippen LogP) is 3.81. The van der Waals surface area contributed by atoms with Gasteiger partial charge in [0.25, 0.3) is 0 Å². The summed E-state index contributed by atoms with van der Waals surface area (Å²) in [6.07, 6.45) is 7.82. The number of hydrogen-bond acceptors (Lipinski definition) is 3. The number of piperidine rings is 1. The molecule has 4 heteroatoms. The van der Waals surface area contributed by atoms with E-state index in [0.717, 1.165) is 6.54 Å². The smallest absolute Gasteiger partial charge is 0.0952 e. The van der Waals surface area contributed by atoms with Crippen LogP contribution in [0, 0.1) is 13.8 Å². The third-order valence-corrected chi connectivity index (χ3v) is 5.40. The molecule has 1 saturated heterocycles. The molecule has 0 spiro atoms. The molecular weight excluding hydrogens is 266 g/mol. The van der Waals surface area contributed by atoms with Crippen molar-refractivity contribution in [2.75, 3.05) is 0 Å². The molecule has 0 bridgehead atoms. The van der Waals surface area contributed by atoms with Gasteiger partial charge in [-0.3, -0.25) is 0 Å². The topological polar surface area (TPSA) is 29.9 Å². The molecule has 2 atom stereocenters. The summed E-state index contributed by atoms with van der Waals surface area (Å²) in [6, 6.07) is 3.38. The first-order valence-corrected chi connectivity index (χ1v) is 8.27. The second-order valence-corrected chi connectivity index (χ2v) is 7.29. The van der Waals surface area contributed by atoms with Gasteiger partial charge in [-0.15, -0.1) is 11.3 Å². The van der Waals surface area contributed by atoms with E-state index in [2.05, 4.69) is 41.7 Å². The van der Waals surface area contributed by atoms with Crippen LogP contribution in [-0.4, -0.2) is 15.6 Å². The quantitative estimate of drug-likeness (QED) is 0.931. The monoisotopic (exact) mass is 289 g/mol. The van der Waals surface area contributed by atoms with Crippen molar-refractivity contribution in [2.24, 2.45) is 0 Å². The van der Waals surface area contributed by atoms with Crippen LogP contribution in [0.2, 0.25) is 0 Å². The Morgan fingerprint density at radius 3 is 2.95 bits per heavy atom. The van der Waals surface area contributed by atoms with E-state index >= 15 is 0 Å². The highest BCUT2D eigenvalue weighted by molar-refractivity contribution is 7.12. The van der Waals surface area contributed by atoms with Gasteiger partial charge < -0.3 is 9.88 Å². The van der Waals surface area contributed by atoms with Crippen LogP contribution in [0.15, 0.2) is 18.6 Å². The molecular formula is C16H23N3S. The average Bonchev–Trinajstić information content (AvgIpc) is 2.98. The van der Waals surface area contributed by atoms with Crippen LogP contribution < -0.4 is 5.32 Å². The summed E-state index contributed by atoms with van der Waals surface area (Å²) in [5.41, 5.74) is 2.73. The molecule has 3 nitrogen and oxygen atoms in total. The zero-order valence-electron chi connectivity index (χ0n) is 12.5. The molecule has 2 unspecified atom stereocenters. The number of nitrogens with one attached hydrogen (secondary N) is 1. The molecule has 0 saturated carbocycles. The normalized spacial score (nSPS) is 23.1. The van der Waals surface area contributed by atoms with Gasteiger partial charge in [0.15, 0.2) is 0 Å². The van der Waals surface area contributed by atoms with Gasteiger partial charge in [-0.2, -0.15) is 0 Å². The Morgan fingerprint density at radius 2 is 2.25 bits per heavy atom. The highest BCUT2D eigenvalue weighted by Crippen LogP contribution is 2.27. The maximum absolute atomic E-state index is 4.38. The van der Waals surface area contributed by atoms with E-state index in [-0.39, 0.29) is 0 Å². The third kappa shape index (κ3) is 2.81. The van der Waals surface area contributed by atoms with Crippen LogP contribution in [-0.2, 0) is 6.54 Å². The zero-order valence-corrected chi connectivity index (χ0v) is 13.3. The van der Waals surface area contributed by atoms with Crippen molar-refractivity contribution in [1.29, 1.82) is 0 Å². The number of imidazole rings is 1. The molecule has 108 valence electrons. The second kappa shape index (κ2) is 5.70. The molecule has 2 aromatic heterocycles. The number of nitrogens with zero attached hydrogens (tertiary/aromatic N) is 2. The number of rotatable bonds is 3. The van der Waals surface area contributed by atoms with Crippen molar-refractivity contribution in [3.05, 3.63) is 39.6 Å². The predicted molar refractivity (Wildman–Crippen MR) is 84.3 cm³/mol. The van der Waals surface area contributed by atoms with Crippen molar-refractivity contribution in [3.8, 4) is 0 Å². The van der Waals surface area contributed by atoms with E-state index in [1.165, 1.54) is 40.3 Å². The molecule has 1 aliphatic rings. The van der Waals surface area contributed by atoms with Crippen molar-refractivity contribution in [1.82, 2.24) is 14.9 Å². The van der Waals surface area contributed by atoms with Gasteiger partial charge in [0.05, 0.1) is 18.6 Å². The van der Waals surface area contributed by atoms with E-state index in [9.17, 15) is 0 Å². The first-order valence-electron chi connectivity index (χ1n) is 7.45. The summed E-state index contributed by atoms with van der Waals surface area (Å²) in [4.78, 5) is 7.22. The average molecular weight is 289 g/mol. The van der Waals surface area contributed by atoms with Gasteiger partial charge in [0, 0.05) is 28.0 Å². The van der Waals surface area contributed by atoms with Crippen LogP contribution in [0.4, 0.5) is 0 Å². The van der Waals surface area contributed by atoms with Crippen LogP contribution in [0.3, 0.4) is 0 Å². The molecule has 3 heterocycles. The van der Waals surface area contributed by atoms with E-state index < -0.39 is 0 Å². The first kappa shape index (κ1) is 13.8. The van der Waals surface area contributed by atoms with E-state index in [0.29, 0.717) is 12.1 Å². The van der Waals surface area contributed by atoms with Crippen LogP contribution in [0.1, 0.15) is 53.2 Å². The summed E-state index contributed by atoms with van der Waals surface area (Å²) in [6.45, 7) is 7.61. The first-order chi connectivity index (χ1) is 9.63. The largest absolute Gasteiger partial charge is 0.328 e. The van der Waals surface area contributed by atoms with Gasteiger partial charge in [0.2, 0.25) is 0 Å². The Kier molecular flexibility index (Phi) is 3.94. The third-order valence-electron chi connectivity index (χ3n) is 4.26. The van der Waals surface area contributed by atoms with Crippen LogP contribution in [0.5, 0.6) is 0 Å². The number of hydrogen-bond donors (Lipinski definition) is 1. The van der Waals surface area contributed by atoms with E-state index in [1.807, 2.05) is 23.9 Å². The lowest BCUT2D eigenvalue weighted by atomic mass is 9.97. The molecule has 3 rings (SSSR count). The fourth-order valence-corrected chi connectivity index (χ4v) is 4.07. The summed E-state index contributed by atoms with van der Waals surface area (Å²) >= 11 is 1.90. The highest BCUT2D eigenvalue weighted by atomic mass is 32.1. The Morgan fingerprint density at radius 1 is 1.40 bits per heavy atom. The highest BCUT2D eigenvalue weighted by Gasteiger charge is 2.22. The van der Waals surface area contributed by atoms with Gasteiger partial charge >= 0.3 is 0 Å². The summed E-state index contributed by atoms with van der Waals surface area (Å²) < 4.78 is 2.31. The van der Waals surface area contributed by atoms with Crippen molar-refractivity contribution in [3.63, 3.8) is 0 Å². The Balaban J connectivity index is 1.79. The lowest BCUT2D eigenvalue weighted by Gasteiger charge is -2.29. The van der Waals surface area contributed by atoms with Gasteiger partial charge in [-0.25, -0.2) is 4.98 Å². The van der Waals surface area contributed by atoms with Crippen molar-refractivity contribution < 1.29 is 0 Å². The minimum atomic E-state index is 0.461. The van der Waals surface area contributed by atoms with Gasteiger partial charge in [-0.05, 0) is 51.7 Å². The maximum Gasteiger partial charge on any atom is 0.0952 e. The molecule has 0 aliphatic carbocycles. The minimum Gasteiger partial charge on any atom is -0.328 e. The summed E-state index contributed by atoms with van der Waals surface area (Å²) in [5, 5.41) is 3.70. The standard InChI is InChI=1S/C16H23N3S/c1-11-7-14(20-13(11)3)9-19-10-17-8-16(19)15-6-4-5-12(2)18-15/h7-8,10,12,15,18H,4-6,9H2,1-3H3. The molecule has 1 fully saturated rings. The molecule has 1 N–H and O–H groups in total. The van der Waals surface area contributed by atoms with Gasteiger partial charge in [-0.1, -0.05) is 0 Å². The lowest BCUT2D eigenvalue weighted by molar-refractivity contribution is 0.330. The fraction of sp³-hybridized carbons (Fsp3) is 0.562. The molecule has 2 aromatic rings. The molecule has 20 heavy (non-hydrogen) atoms. The number of aryl methyl sites for hydroxylation is 2. The molecule has 1 aliphatic heterocycles. The van der Waals surface area contributed by atoms with Crippen molar-refractivity contribution in [2.45, 2.75) is 58.7 Å². The Hall–Kier alpha value is -1.13. The minimum absolute atomic E-state index is 0.461. The number of thiophene rings is 1. The molecule has 0 radical (unpaired) electrons. The van der Waals surface area contributed by atoms with Gasteiger partial charge in [0.1, 0.15) is 0 Å². The fourth-order valence-electron chi connectivity index (χ4n) is 3.02. The van der Waals surface area contributed by atoms with Crippen LogP contribution in [0.25, 0.3) is 0 Å². The molecule has 0 amide bonds. The molecule has 0 aromatic carbocycles. The summed E-state index contributed by atoms with van der Waals surface area (Å²) in [5.74, 6) is 0. The zero-order chi connectivity index (χ0) is 14.1. The van der Waals surface area contributed by atoms with E-state index in [1.54, 1.807) is 0 Å². The van der Waals surface area contributed by atoms with Crippen LogP contribution >= 0.6 is 11.3 Å². The maximum atomic E-state index is 4.38. The lowest BCUT2D eigenvalue weighted by Crippen LogP contribution is -2.35. The van der Waals surface area contributed by atoms with E-state index in [4.69, 9.17) is 0 Å². The number of aromatic nitrogens is 2. The Bertz CT molecular complexity index is 565. The Labute approximate surface area is 125 Å². The SMILES string of the molecule is Cc1cc(Cn2cncc2C2CCCC(C)N2)sc1C. The van der Waals surface area contributed by atoms with Crippen molar-refractivity contribution >= 4 is 11.3 Å². The second-order valence-electron chi connectivity index (χ2n) is 5.95.